The third kappa shape index (κ3) is 3.38. The zero-order valence-corrected chi connectivity index (χ0v) is 13.6. The van der Waals surface area contributed by atoms with Crippen molar-refractivity contribution < 1.29 is 13.2 Å². The van der Waals surface area contributed by atoms with Gasteiger partial charge in [0, 0.05) is 12.3 Å². The number of hydrogen-bond acceptors (Lipinski definition) is 5. The van der Waals surface area contributed by atoms with Crippen LogP contribution in [0.5, 0.6) is 5.75 Å². The van der Waals surface area contributed by atoms with E-state index in [1.54, 1.807) is 0 Å². The molecule has 2 aromatic rings. The summed E-state index contributed by atoms with van der Waals surface area (Å²) in [6.45, 7) is 0. The molecule has 0 aromatic carbocycles. The van der Waals surface area contributed by atoms with Gasteiger partial charge in [-0.1, -0.05) is 34.8 Å². The summed E-state index contributed by atoms with van der Waals surface area (Å²) in [7, 11) is -2.71. The van der Waals surface area contributed by atoms with Crippen LogP contribution in [-0.2, 0) is 10.0 Å². The monoisotopic (exact) mass is 367 g/mol. The molecule has 0 amide bonds. The highest BCUT2D eigenvalue weighted by Gasteiger charge is 2.23. The van der Waals surface area contributed by atoms with Crippen LogP contribution in [0.1, 0.15) is 0 Å². The Balaban J connectivity index is 2.83. The van der Waals surface area contributed by atoms with Crippen molar-refractivity contribution in [3.05, 3.63) is 33.5 Å². The van der Waals surface area contributed by atoms with Crippen LogP contribution in [0.25, 0.3) is 11.4 Å². The van der Waals surface area contributed by atoms with Crippen LogP contribution < -0.4 is 9.88 Å². The van der Waals surface area contributed by atoms with E-state index in [0.717, 1.165) is 6.07 Å². The van der Waals surface area contributed by atoms with Gasteiger partial charge in [-0.15, -0.1) is 0 Å². The number of nitrogens with zero attached hydrogens (tertiary/aromatic N) is 2. The second-order valence-electron chi connectivity index (χ2n) is 3.86. The number of sulfonamides is 1. The fraction of sp³-hybridized carbons (Fsp3) is 0.0909. The smallest absolute Gasteiger partial charge is 0.240 e. The van der Waals surface area contributed by atoms with Crippen molar-refractivity contribution in [2.24, 2.45) is 5.14 Å². The molecule has 0 saturated carbocycles. The molecule has 0 atom stereocenters. The molecule has 0 bridgehead atoms. The van der Waals surface area contributed by atoms with Gasteiger partial charge in [0.15, 0.2) is 0 Å². The Morgan fingerprint density at radius 1 is 1.19 bits per heavy atom. The molecule has 0 fully saturated rings. The van der Waals surface area contributed by atoms with Gasteiger partial charge in [-0.3, -0.25) is 0 Å². The largest absolute Gasteiger partial charge is 0.494 e. The van der Waals surface area contributed by atoms with Gasteiger partial charge in [0.1, 0.15) is 27.2 Å². The SMILES string of the molecule is COc1cc(Cl)cnc1-c1nc(Cl)c(Cl)cc1S(N)(=O)=O. The summed E-state index contributed by atoms with van der Waals surface area (Å²) in [4.78, 5) is 7.64. The zero-order chi connectivity index (χ0) is 15.8. The third-order valence-electron chi connectivity index (χ3n) is 2.47. The van der Waals surface area contributed by atoms with E-state index in [0.29, 0.717) is 5.02 Å². The second-order valence-corrected chi connectivity index (χ2v) is 6.59. The first kappa shape index (κ1) is 16.3. The summed E-state index contributed by atoms with van der Waals surface area (Å²) in [6.07, 6.45) is 1.32. The van der Waals surface area contributed by atoms with Crippen molar-refractivity contribution in [3.63, 3.8) is 0 Å². The number of hydrogen-bond donors (Lipinski definition) is 1. The predicted octanol–water partition coefficient (Wildman–Crippen LogP) is 2.76. The summed E-state index contributed by atoms with van der Waals surface area (Å²) < 4.78 is 28.5. The van der Waals surface area contributed by atoms with E-state index in [-0.39, 0.29) is 32.2 Å². The molecular formula is C11H8Cl3N3O3S. The van der Waals surface area contributed by atoms with Crippen LogP contribution in [0, 0.1) is 0 Å². The molecule has 2 N–H and O–H groups in total. The molecule has 0 saturated heterocycles. The summed E-state index contributed by atoms with van der Waals surface area (Å²) in [5.41, 5.74) is 0.0601. The van der Waals surface area contributed by atoms with Gasteiger partial charge in [0.2, 0.25) is 10.0 Å². The number of primary sulfonamides is 1. The zero-order valence-electron chi connectivity index (χ0n) is 10.5. The van der Waals surface area contributed by atoms with E-state index in [1.165, 1.54) is 19.4 Å². The molecule has 0 aliphatic rings. The lowest BCUT2D eigenvalue weighted by molar-refractivity contribution is 0.414. The number of nitrogens with two attached hydrogens (primary N) is 1. The van der Waals surface area contributed by atoms with Crippen molar-refractivity contribution in [1.29, 1.82) is 0 Å². The molecule has 2 heterocycles. The van der Waals surface area contributed by atoms with Gasteiger partial charge in [0.05, 0.1) is 17.2 Å². The summed E-state index contributed by atoms with van der Waals surface area (Å²) >= 11 is 17.4. The number of methoxy groups -OCH3 is 1. The lowest BCUT2D eigenvalue weighted by Gasteiger charge is -2.11. The van der Waals surface area contributed by atoms with Gasteiger partial charge in [-0.2, -0.15) is 0 Å². The van der Waals surface area contributed by atoms with Gasteiger partial charge >= 0.3 is 0 Å². The van der Waals surface area contributed by atoms with Gasteiger partial charge in [-0.05, 0) is 6.07 Å². The number of rotatable bonds is 3. The minimum atomic E-state index is -4.09. The van der Waals surface area contributed by atoms with E-state index >= 15 is 0 Å². The Hall–Kier alpha value is -1.12. The lowest BCUT2D eigenvalue weighted by atomic mass is 10.2. The fourth-order valence-corrected chi connectivity index (χ4v) is 2.79. The van der Waals surface area contributed by atoms with Crippen LogP contribution >= 0.6 is 34.8 Å². The molecule has 0 unspecified atom stereocenters. The molecule has 0 aliphatic heterocycles. The Morgan fingerprint density at radius 3 is 2.43 bits per heavy atom. The highest BCUT2D eigenvalue weighted by atomic mass is 35.5. The summed E-state index contributed by atoms with van der Waals surface area (Å²) in [5.74, 6) is 0.221. The van der Waals surface area contributed by atoms with Gasteiger partial charge in [0.25, 0.3) is 0 Å². The van der Waals surface area contributed by atoms with E-state index in [9.17, 15) is 8.42 Å². The number of aromatic nitrogens is 2. The molecular weight excluding hydrogens is 361 g/mol. The minimum Gasteiger partial charge on any atom is -0.494 e. The second kappa shape index (κ2) is 5.94. The first-order valence-electron chi connectivity index (χ1n) is 5.32. The minimum absolute atomic E-state index is 0.0441. The Labute approximate surface area is 135 Å². The maximum absolute atomic E-state index is 11.7. The van der Waals surface area contributed by atoms with Crippen molar-refractivity contribution in [3.8, 4) is 17.1 Å². The maximum Gasteiger partial charge on any atom is 0.240 e. The van der Waals surface area contributed by atoms with Crippen molar-refractivity contribution in [2.45, 2.75) is 4.90 Å². The van der Waals surface area contributed by atoms with E-state index in [4.69, 9.17) is 44.7 Å². The predicted molar refractivity (Wildman–Crippen MR) is 80.4 cm³/mol. The number of ether oxygens (including phenoxy) is 1. The first-order chi connectivity index (χ1) is 9.74. The summed E-state index contributed by atoms with van der Waals surface area (Å²) in [5, 5.41) is 5.35. The molecule has 2 rings (SSSR count). The molecule has 0 radical (unpaired) electrons. The van der Waals surface area contributed by atoms with Crippen molar-refractivity contribution in [1.82, 2.24) is 9.97 Å². The fourth-order valence-electron chi connectivity index (χ4n) is 1.59. The van der Waals surface area contributed by atoms with Crippen LogP contribution in [0.2, 0.25) is 15.2 Å². The topological polar surface area (TPSA) is 95.2 Å². The van der Waals surface area contributed by atoms with Gasteiger partial charge < -0.3 is 4.74 Å². The average Bonchev–Trinajstić information content (AvgIpc) is 2.40. The maximum atomic E-state index is 11.7. The Bertz CT molecular complexity index is 812. The molecule has 112 valence electrons. The number of halogens is 3. The standard InChI is InChI=1S/C11H8Cl3N3O3S/c1-20-7-2-5(12)4-16-9(7)10-8(21(15,18)19)3-6(13)11(14)17-10/h2-4H,1H3,(H2,15,18,19). The molecule has 10 heteroatoms. The molecule has 0 aliphatic carbocycles. The normalized spacial score (nSPS) is 11.5. The van der Waals surface area contributed by atoms with Gasteiger partial charge in [-0.25, -0.2) is 23.5 Å². The highest BCUT2D eigenvalue weighted by molar-refractivity contribution is 7.89. The lowest BCUT2D eigenvalue weighted by Crippen LogP contribution is -2.15. The molecule has 0 spiro atoms. The summed E-state index contributed by atoms with van der Waals surface area (Å²) in [6, 6.07) is 2.57. The first-order valence-corrected chi connectivity index (χ1v) is 8.01. The van der Waals surface area contributed by atoms with Crippen LogP contribution in [-0.4, -0.2) is 25.5 Å². The molecule has 2 aromatic heterocycles. The average molecular weight is 369 g/mol. The van der Waals surface area contributed by atoms with E-state index in [1.807, 2.05) is 0 Å². The Morgan fingerprint density at radius 2 is 1.86 bits per heavy atom. The van der Waals surface area contributed by atoms with Crippen molar-refractivity contribution >= 4 is 44.8 Å². The van der Waals surface area contributed by atoms with Crippen LogP contribution in [0.15, 0.2) is 23.2 Å². The van der Waals surface area contributed by atoms with Crippen LogP contribution in [0.4, 0.5) is 0 Å². The third-order valence-corrected chi connectivity index (χ3v) is 4.27. The van der Waals surface area contributed by atoms with E-state index in [2.05, 4.69) is 9.97 Å². The van der Waals surface area contributed by atoms with Crippen molar-refractivity contribution in [2.75, 3.05) is 7.11 Å². The molecule has 21 heavy (non-hydrogen) atoms. The van der Waals surface area contributed by atoms with Crippen LogP contribution in [0.3, 0.4) is 0 Å². The van der Waals surface area contributed by atoms with E-state index < -0.39 is 10.0 Å². The highest BCUT2D eigenvalue weighted by Crippen LogP contribution is 2.35. The number of pyridine rings is 2. The molecule has 6 nitrogen and oxygen atoms in total. The Kier molecular flexibility index (Phi) is 4.60. The quantitative estimate of drug-likeness (QED) is 0.840.